The standard InChI is InChI=1S/C18H20N2O3/c1-13-3-6-15(7-4-13)18(22)20-10-9-19-12-14-5-8-16(21)17(11-14)23-2/h3-8,11-12,21H,9-10H2,1-2H3,(H,20,22). The molecule has 0 aromatic heterocycles. The summed E-state index contributed by atoms with van der Waals surface area (Å²) in [7, 11) is 1.50. The lowest BCUT2D eigenvalue weighted by molar-refractivity contribution is 0.0955. The fourth-order valence-corrected chi connectivity index (χ4v) is 1.99. The third kappa shape index (κ3) is 4.85. The van der Waals surface area contributed by atoms with Gasteiger partial charge in [-0.05, 0) is 42.8 Å². The minimum atomic E-state index is -0.105. The van der Waals surface area contributed by atoms with Crippen molar-refractivity contribution in [2.24, 2.45) is 4.99 Å². The second kappa shape index (κ2) is 7.98. The second-order valence-electron chi connectivity index (χ2n) is 5.09. The second-order valence-corrected chi connectivity index (χ2v) is 5.09. The van der Waals surface area contributed by atoms with Crippen molar-refractivity contribution in [3.63, 3.8) is 0 Å². The van der Waals surface area contributed by atoms with Crippen LogP contribution in [0.2, 0.25) is 0 Å². The van der Waals surface area contributed by atoms with E-state index < -0.39 is 0 Å². The van der Waals surface area contributed by atoms with E-state index in [0.29, 0.717) is 24.4 Å². The summed E-state index contributed by atoms with van der Waals surface area (Å²) in [4.78, 5) is 16.2. The first kappa shape index (κ1) is 16.5. The van der Waals surface area contributed by atoms with Gasteiger partial charge in [-0.25, -0.2) is 0 Å². The molecule has 0 saturated carbocycles. The van der Waals surface area contributed by atoms with E-state index in [1.165, 1.54) is 7.11 Å². The molecule has 0 bridgehead atoms. The van der Waals surface area contributed by atoms with E-state index in [4.69, 9.17) is 4.74 Å². The van der Waals surface area contributed by atoms with Gasteiger partial charge in [-0.1, -0.05) is 17.7 Å². The van der Waals surface area contributed by atoms with Crippen LogP contribution in [0.5, 0.6) is 11.5 Å². The molecule has 0 aliphatic rings. The molecule has 2 aromatic carbocycles. The van der Waals surface area contributed by atoms with Gasteiger partial charge < -0.3 is 15.2 Å². The van der Waals surface area contributed by atoms with Gasteiger partial charge in [0.2, 0.25) is 0 Å². The van der Waals surface area contributed by atoms with Gasteiger partial charge in [0.1, 0.15) is 0 Å². The molecule has 0 heterocycles. The summed E-state index contributed by atoms with van der Waals surface area (Å²) < 4.78 is 5.03. The summed E-state index contributed by atoms with van der Waals surface area (Å²) in [5.74, 6) is 0.392. The molecule has 0 spiro atoms. The van der Waals surface area contributed by atoms with Crippen molar-refractivity contribution in [1.29, 1.82) is 0 Å². The molecule has 0 aliphatic heterocycles. The van der Waals surface area contributed by atoms with Crippen LogP contribution in [0.3, 0.4) is 0 Å². The van der Waals surface area contributed by atoms with Crippen molar-refractivity contribution in [3.05, 3.63) is 59.2 Å². The molecule has 0 aliphatic carbocycles. The number of hydrogen-bond donors (Lipinski definition) is 2. The number of nitrogens with one attached hydrogen (secondary N) is 1. The lowest BCUT2D eigenvalue weighted by Gasteiger charge is -2.04. The first-order valence-corrected chi connectivity index (χ1v) is 7.32. The van der Waals surface area contributed by atoms with Crippen LogP contribution in [-0.4, -0.2) is 37.4 Å². The molecule has 0 fully saturated rings. The monoisotopic (exact) mass is 312 g/mol. The number of amides is 1. The van der Waals surface area contributed by atoms with E-state index in [2.05, 4.69) is 10.3 Å². The number of hydrogen-bond acceptors (Lipinski definition) is 4. The molecule has 2 rings (SSSR count). The summed E-state index contributed by atoms with van der Waals surface area (Å²) in [5, 5.41) is 12.3. The molecule has 5 heteroatoms. The van der Waals surface area contributed by atoms with Crippen molar-refractivity contribution in [3.8, 4) is 11.5 Å². The van der Waals surface area contributed by atoms with Crippen LogP contribution in [0.15, 0.2) is 47.5 Å². The molecular formula is C18H20N2O3. The van der Waals surface area contributed by atoms with E-state index in [1.807, 2.05) is 19.1 Å². The third-order valence-electron chi connectivity index (χ3n) is 3.28. The molecule has 5 nitrogen and oxygen atoms in total. The molecule has 1 amide bonds. The van der Waals surface area contributed by atoms with Gasteiger partial charge in [-0.3, -0.25) is 9.79 Å². The highest BCUT2D eigenvalue weighted by Crippen LogP contribution is 2.25. The molecule has 0 unspecified atom stereocenters. The Balaban J connectivity index is 1.80. The quantitative estimate of drug-likeness (QED) is 0.636. The zero-order chi connectivity index (χ0) is 16.7. The smallest absolute Gasteiger partial charge is 0.251 e. The Bertz CT molecular complexity index is 694. The number of aromatic hydroxyl groups is 1. The van der Waals surface area contributed by atoms with Gasteiger partial charge in [-0.15, -0.1) is 0 Å². The molecule has 120 valence electrons. The lowest BCUT2D eigenvalue weighted by atomic mass is 10.1. The van der Waals surface area contributed by atoms with Crippen LogP contribution >= 0.6 is 0 Å². The Morgan fingerprint density at radius 3 is 2.70 bits per heavy atom. The molecule has 2 aromatic rings. The Hall–Kier alpha value is -2.82. The van der Waals surface area contributed by atoms with Crippen LogP contribution in [-0.2, 0) is 0 Å². The number of nitrogens with zero attached hydrogens (tertiary/aromatic N) is 1. The van der Waals surface area contributed by atoms with Gasteiger partial charge in [0.15, 0.2) is 11.5 Å². The average molecular weight is 312 g/mol. The Morgan fingerprint density at radius 2 is 2.00 bits per heavy atom. The first-order valence-electron chi connectivity index (χ1n) is 7.32. The summed E-state index contributed by atoms with van der Waals surface area (Å²) in [5.41, 5.74) is 2.59. The Labute approximate surface area is 135 Å². The van der Waals surface area contributed by atoms with Crippen LogP contribution in [0.1, 0.15) is 21.5 Å². The number of phenolic OH excluding ortho intramolecular Hbond substituents is 1. The van der Waals surface area contributed by atoms with E-state index in [-0.39, 0.29) is 11.7 Å². The third-order valence-corrected chi connectivity index (χ3v) is 3.28. The molecule has 0 saturated heterocycles. The van der Waals surface area contributed by atoms with Gasteiger partial charge in [0, 0.05) is 18.3 Å². The maximum absolute atomic E-state index is 11.9. The van der Waals surface area contributed by atoms with Crippen molar-refractivity contribution < 1.29 is 14.6 Å². The highest BCUT2D eigenvalue weighted by molar-refractivity contribution is 5.94. The minimum absolute atomic E-state index is 0.0926. The summed E-state index contributed by atoms with van der Waals surface area (Å²) >= 11 is 0. The summed E-state index contributed by atoms with van der Waals surface area (Å²) in [6.07, 6.45) is 1.68. The Kier molecular flexibility index (Phi) is 5.74. The number of benzene rings is 2. The van der Waals surface area contributed by atoms with Crippen LogP contribution in [0.25, 0.3) is 0 Å². The van der Waals surface area contributed by atoms with Crippen molar-refractivity contribution >= 4 is 12.1 Å². The number of carbonyl (C=O) groups excluding carboxylic acids is 1. The summed E-state index contributed by atoms with van der Waals surface area (Å²) in [6, 6.07) is 12.4. The predicted molar refractivity (Wildman–Crippen MR) is 90.6 cm³/mol. The predicted octanol–water partition coefficient (Wildman–Crippen LogP) is 2.56. The average Bonchev–Trinajstić information content (AvgIpc) is 2.56. The fourth-order valence-electron chi connectivity index (χ4n) is 1.99. The number of phenols is 1. The fraction of sp³-hybridized carbons (Fsp3) is 0.222. The maximum atomic E-state index is 11.9. The van der Waals surface area contributed by atoms with Crippen LogP contribution < -0.4 is 10.1 Å². The normalized spacial score (nSPS) is 10.7. The molecular weight excluding hydrogens is 292 g/mol. The molecule has 0 radical (unpaired) electrons. The number of aliphatic imine (C=N–C) groups is 1. The van der Waals surface area contributed by atoms with Crippen molar-refractivity contribution in [2.45, 2.75) is 6.92 Å². The van der Waals surface area contributed by atoms with Crippen molar-refractivity contribution in [1.82, 2.24) is 5.32 Å². The van der Waals surface area contributed by atoms with E-state index in [9.17, 15) is 9.90 Å². The highest BCUT2D eigenvalue weighted by Gasteiger charge is 2.03. The van der Waals surface area contributed by atoms with Gasteiger partial charge in [0.25, 0.3) is 5.91 Å². The molecule has 23 heavy (non-hydrogen) atoms. The minimum Gasteiger partial charge on any atom is -0.504 e. The number of carbonyl (C=O) groups is 1. The van der Waals surface area contributed by atoms with E-state index >= 15 is 0 Å². The summed E-state index contributed by atoms with van der Waals surface area (Å²) in [6.45, 7) is 2.91. The van der Waals surface area contributed by atoms with Crippen LogP contribution in [0.4, 0.5) is 0 Å². The lowest BCUT2D eigenvalue weighted by Crippen LogP contribution is -2.25. The van der Waals surface area contributed by atoms with Gasteiger partial charge in [0.05, 0.1) is 13.7 Å². The number of rotatable bonds is 6. The number of aryl methyl sites for hydroxylation is 1. The molecule has 2 N–H and O–H groups in total. The zero-order valence-electron chi connectivity index (χ0n) is 13.2. The molecule has 0 atom stereocenters. The number of ether oxygens (including phenoxy) is 1. The topological polar surface area (TPSA) is 70.9 Å². The maximum Gasteiger partial charge on any atom is 0.251 e. The SMILES string of the molecule is COc1cc(C=NCCNC(=O)c2ccc(C)cc2)ccc1O. The van der Waals surface area contributed by atoms with E-state index in [1.54, 1.807) is 36.5 Å². The largest absolute Gasteiger partial charge is 0.504 e. The van der Waals surface area contributed by atoms with Crippen LogP contribution in [0, 0.1) is 6.92 Å². The number of methoxy groups -OCH3 is 1. The zero-order valence-corrected chi connectivity index (χ0v) is 13.2. The van der Waals surface area contributed by atoms with Gasteiger partial charge >= 0.3 is 0 Å². The van der Waals surface area contributed by atoms with E-state index in [0.717, 1.165) is 11.1 Å². The van der Waals surface area contributed by atoms with Gasteiger partial charge in [-0.2, -0.15) is 0 Å². The highest BCUT2D eigenvalue weighted by atomic mass is 16.5. The first-order chi connectivity index (χ1) is 11.1. The Morgan fingerprint density at radius 1 is 1.26 bits per heavy atom. The van der Waals surface area contributed by atoms with Crippen molar-refractivity contribution in [2.75, 3.05) is 20.2 Å².